The van der Waals surface area contributed by atoms with Crippen LogP contribution in [0.25, 0.3) is 23.2 Å². The molecule has 3 aromatic carbocycles. The van der Waals surface area contributed by atoms with Crippen LogP contribution in [0, 0.1) is 10.1 Å². The summed E-state index contributed by atoms with van der Waals surface area (Å²) in [5.74, 6) is -0.188. The summed E-state index contributed by atoms with van der Waals surface area (Å²) in [7, 11) is 0. The zero-order valence-corrected chi connectivity index (χ0v) is 29.7. The molecule has 50 heavy (non-hydrogen) atoms. The third kappa shape index (κ3) is 6.55. The van der Waals surface area contributed by atoms with E-state index in [-0.39, 0.29) is 27.6 Å². The number of thiazole rings is 1. The molecule has 0 spiro atoms. The fourth-order valence-electron chi connectivity index (χ4n) is 5.35. The first kappa shape index (κ1) is 33.6. The minimum Gasteiger partial charge on any atom is -0.463 e. The zero-order chi connectivity index (χ0) is 34.9. The molecule has 6 aromatic rings. The predicted octanol–water partition coefficient (Wildman–Crippen LogP) is 7.15. The van der Waals surface area contributed by atoms with Crippen molar-refractivity contribution in [2.75, 3.05) is 6.61 Å². The second kappa shape index (κ2) is 14.2. The number of H-pyrrole nitrogens is 1. The van der Waals surface area contributed by atoms with E-state index in [2.05, 4.69) is 15.2 Å². The topological polar surface area (TPSA) is 145 Å². The van der Waals surface area contributed by atoms with Gasteiger partial charge in [0, 0.05) is 27.1 Å². The zero-order valence-electron chi connectivity index (χ0n) is 25.7. The van der Waals surface area contributed by atoms with Gasteiger partial charge in [0.05, 0.1) is 37.3 Å². The first-order valence-corrected chi connectivity index (χ1v) is 18.1. The van der Waals surface area contributed by atoms with Crippen LogP contribution >= 0.6 is 57.6 Å². The molecule has 0 saturated heterocycles. The molecule has 0 bridgehead atoms. The summed E-state index contributed by atoms with van der Waals surface area (Å²) in [5, 5.41) is 22.2. The first-order chi connectivity index (χ1) is 24.2. The van der Waals surface area contributed by atoms with Crippen molar-refractivity contribution < 1.29 is 14.5 Å². The highest BCUT2D eigenvalue weighted by Crippen LogP contribution is 2.38. The van der Waals surface area contributed by atoms with Crippen molar-refractivity contribution in [2.45, 2.75) is 23.0 Å². The van der Waals surface area contributed by atoms with E-state index in [0.717, 1.165) is 28.0 Å². The number of thiophene rings is 1. The van der Waals surface area contributed by atoms with E-state index < -0.39 is 22.5 Å². The Bertz CT molecular complexity index is 2490. The maximum atomic E-state index is 14.1. The van der Waals surface area contributed by atoms with Crippen molar-refractivity contribution in [3.8, 4) is 11.4 Å². The van der Waals surface area contributed by atoms with Crippen LogP contribution in [0.4, 0.5) is 5.69 Å². The van der Waals surface area contributed by atoms with Gasteiger partial charge in [0.25, 0.3) is 11.2 Å². The molecule has 0 fully saturated rings. The smallest absolute Gasteiger partial charge is 0.338 e. The number of nitro groups is 1. The van der Waals surface area contributed by atoms with E-state index >= 15 is 0 Å². The highest BCUT2D eigenvalue weighted by molar-refractivity contribution is 7.99. The van der Waals surface area contributed by atoms with E-state index in [1.807, 2.05) is 47.8 Å². The standard InChI is InChI=1S/C34H22Cl2N6O5S3/c1-2-47-32(44)27-28(19-7-4-3-5-8-19)37-34-41(29(27)25-9-6-14-48-25)31(43)26(50-34)16-18-10-13-24(23(15-18)42(45)46)49-33-38-30(39-40-33)21-12-11-20(35)17-22(21)36/h3-17,29H,2H2,1H3,(H,38,39,40)/b26-16+/t29-/m1/s1. The molecule has 1 N–H and O–H groups in total. The number of benzene rings is 3. The lowest BCUT2D eigenvalue weighted by Crippen LogP contribution is -2.39. The van der Waals surface area contributed by atoms with Gasteiger partial charge < -0.3 is 4.74 Å². The van der Waals surface area contributed by atoms with E-state index in [1.165, 1.54) is 22.0 Å². The highest BCUT2D eigenvalue weighted by atomic mass is 35.5. The van der Waals surface area contributed by atoms with E-state index in [1.54, 1.807) is 43.3 Å². The summed E-state index contributed by atoms with van der Waals surface area (Å²) >= 11 is 15.9. The molecule has 3 aromatic heterocycles. The lowest BCUT2D eigenvalue weighted by Gasteiger charge is -2.24. The van der Waals surface area contributed by atoms with E-state index in [4.69, 9.17) is 32.9 Å². The van der Waals surface area contributed by atoms with Crippen molar-refractivity contribution in [1.29, 1.82) is 0 Å². The van der Waals surface area contributed by atoms with Gasteiger partial charge >= 0.3 is 5.97 Å². The molecule has 7 rings (SSSR count). The largest absolute Gasteiger partial charge is 0.463 e. The Kier molecular flexibility index (Phi) is 9.53. The van der Waals surface area contributed by atoms with Gasteiger partial charge in [-0.15, -0.1) is 16.4 Å². The average Bonchev–Trinajstić information content (AvgIpc) is 3.87. The Labute approximate surface area is 305 Å². The van der Waals surface area contributed by atoms with E-state index in [9.17, 15) is 19.7 Å². The van der Waals surface area contributed by atoms with Gasteiger partial charge in [-0.05, 0) is 66.0 Å². The molecule has 4 heterocycles. The summed E-state index contributed by atoms with van der Waals surface area (Å²) in [6.07, 6.45) is 1.58. The van der Waals surface area contributed by atoms with Crippen molar-refractivity contribution in [2.24, 2.45) is 4.99 Å². The summed E-state index contributed by atoms with van der Waals surface area (Å²) in [6.45, 7) is 1.87. The number of carbonyl (C=O) groups excluding carboxylic acids is 1. The number of aromatic amines is 1. The lowest BCUT2D eigenvalue weighted by molar-refractivity contribution is -0.387. The van der Waals surface area contributed by atoms with Gasteiger partial charge in [-0.1, -0.05) is 77.0 Å². The second-order valence-electron chi connectivity index (χ2n) is 10.6. The third-order valence-corrected chi connectivity index (χ3v) is 10.9. The number of nitrogens with zero attached hydrogens (tertiary/aromatic N) is 5. The normalized spacial score (nSPS) is 14.4. The number of nitrogens with one attached hydrogen (secondary N) is 1. The molecule has 0 amide bonds. The molecule has 0 unspecified atom stereocenters. The Morgan fingerprint density at radius 3 is 2.66 bits per heavy atom. The van der Waals surface area contributed by atoms with Gasteiger partial charge in [-0.25, -0.2) is 14.8 Å². The first-order valence-electron chi connectivity index (χ1n) is 14.9. The molecule has 0 saturated carbocycles. The fourth-order valence-corrected chi connectivity index (χ4v) is 8.47. The lowest BCUT2D eigenvalue weighted by atomic mass is 9.97. The highest BCUT2D eigenvalue weighted by Gasteiger charge is 2.35. The number of halogens is 2. The Balaban J connectivity index is 1.29. The van der Waals surface area contributed by atoms with Crippen LogP contribution in [0.1, 0.15) is 29.0 Å². The molecule has 1 atom stereocenters. The monoisotopic (exact) mass is 760 g/mol. The van der Waals surface area contributed by atoms with Crippen molar-refractivity contribution in [1.82, 2.24) is 19.7 Å². The maximum Gasteiger partial charge on any atom is 0.338 e. The number of nitro benzene ring substituents is 1. The van der Waals surface area contributed by atoms with Crippen LogP contribution in [0.15, 0.2) is 110 Å². The number of hydrogen-bond acceptors (Lipinski definition) is 11. The van der Waals surface area contributed by atoms with Crippen molar-refractivity contribution in [3.05, 3.63) is 146 Å². The number of hydrogen-bond donors (Lipinski definition) is 1. The molecule has 1 aliphatic rings. The minimum atomic E-state index is -0.787. The number of fused-ring (bicyclic) bond motifs is 1. The summed E-state index contributed by atoms with van der Waals surface area (Å²) in [4.78, 5) is 50.1. The second-order valence-corrected chi connectivity index (χ2v) is 14.5. The van der Waals surface area contributed by atoms with Crippen LogP contribution in [0.3, 0.4) is 0 Å². The molecule has 16 heteroatoms. The predicted molar refractivity (Wildman–Crippen MR) is 194 cm³/mol. The molecular weight excluding hydrogens is 740 g/mol. The Hall–Kier alpha value is -4.86. The van der Waals surface area contributed by atoms with Crippen molar-refractivity contribution >= 4 is 81.1 Å². The number of esters is 1. The van der Waals surface area contributed by atoms with Crippen LogP contribution in [0.5, 0.6) is 0 Å². The van der Waals surface area contributed by atoms with Crippen LogP contribution < -0.4 is 14.9 Å². The number of carbonyl (C=O) groups is 1. The number of rotatable bonds is 9. The molecule has 11 nitrogen and oxygen atoms in total. The van der Waals surface area contributed by atoms with Gasteiger partial charge in [-0.3, -0.25) is 24.6 Å². The molecule has 0 aliphatic carbocycles. The van der Waals surface area contributed by atoms with Gasteiger partial charge in [0.15, 0.2) is 10.6 Å². The minimum absolute atomic E-state index is 0.146. The Morgan fingerprint density at radius 2 is 1.94 bits per heavy atom. The van der Waals surface area contributed by atoms with E-state index in [0.29, 0.717) is 48.0 Å². The van der Waals surface area contributed by atoms with Gasteiger partial charge in [0.1, 0.15) is 6.04 Å². The van der Waals surface area contributed by atoms with Gasteiger partial charge in [-0.2, -0.15) is 0 Å². The molecular formula is C34H22Cl2N6O5S3. The van der Waals surface area contributed by atoms with Crippen molar-refractivity contribution in [3.63, 3.8) is 0 Å². The summed E-state index contributed by atoms with van der Waals surface area (Å²) in [5.41, 5.74) is 1.79. The third-order valence-electron chi connectivity index (χ3n) is 7.52. The van der Waals surface area contributed by atoms with Crippen LogP contribution in [-0.2, 0) is 9.53 Å². The Morgan fingerprint density at radius 1 is 1.12 bits per heavy atom. The summed E-state index contributed by atoms with van der Waals surface area (Å²) in [6, 6.07) is 21.8. The summed E-state index contributed by atoms with van der Waals surface area (Å²) < 4.78 is 7.26. The molecule has 250 valence electrons. The van der Waals surface area contributed by atoms with Crippen LogP contribution in [-0.4, -0.2) is 37.2 Å². The van der Waals surface area contributed by atoms with Gasteiger partial charge in [0.2, 0.25) is 5.16 Å². The SMILES string of the molecule is CCOC(=O)C1=C(c2ccccc2)N=c2s/c(=C/c3ccc(Sc4n[nH]c(-c5ccc(Cl)cc5Cl)n4)c([N+](=O)[O-])c3)c(=O)n2[C@@H]1c1cccs1. The van der Waals surface area contributed by atoms with Crippen LogP contribution in [0.2, 0.25) is 10.0 Å². The maximum absolute atomic E-state index is 14.1. The molecule has 1 aliphatic heterocycles. The number of aromatic nitrogens is 4. The average molecular weight is 762 g/mol. The number of ether oxygens (including phenoxy) is 1. The fraction of sp³-hybridized carbons (Fsp3) is 0.0882. The quantitative estimate of drug-likeness (QED) is 0.0930. The molecule has 0 radical (unpaired) electrons.